The monoisotopic (exact) mass is 365 g/mol. The smallest absolute Gasteiger partial charge is 0.271 e. The van der Waals surface area contributed by atoms with Gasteiger partial charge in [-0.2, -0.15) is 5.10 Å². The van der Waals surface area contributed by atoms with Crippen molar-refractivity contribution in [3.8, 4) is 0 Å². The van der Waals surface area contributed by atoms with Crippen LogP contribution in [0.1, 0.15) is 29.5 Å². The number of amides is 2. The molecule has 2 aromatic carbocycles. The first-order chi connectivity index (χ1) is 13.0. The lowest BCUT2D eigenvalue weighted by atomic mass is 10.1. The summed E-state index contributed by atoms with van der Waals surface area (Å²) in [6, 6.07) is 13.3. The van der Waals surface area contributed by atoms with Crippen LogP contribution in [-0.2, 0) is 20.9 Å². The van der Waals surface area contributed by atoms with E-state index in [4.69, 9.17) is 4.74 Å². The number of anilines is 2. The number of hydrogen-bond donors (Lipinski definition) is 1. The Labute approximate surface area is 158 Å². The van der Waals surface area contributed by atoms with E-state index in [0.717, 1.165) is 16.7 Å². The van der Waals surface area contributed by atoms with Gasteiger partial charge in [0.25, 0.3) is 5.91 Å². The molecular weight excluding hydrogens is 342 g/mol. The van der Waals surface area contributed by atoms with Gasteiger partial charge in [-0.15, -0.1) is 0 Å². The third kappa shape index (κ3) is 4.23. The summed E-state index contributed by atoms with van der Waals surface area (Å²) in [5.74, 6) is -0.415. The minimum absolute atomic E-state index is 0.111. The Kier molecular flexibility index (Phi) is 5.66. The van der Waals surface area contributed by atoms with E-state index in [2.05, 4.69) is 10.4 Å². The molecule has 0 saturated heterocycles. The van der Waals surface area contributed by atoms with Crippen LogP contribution in [0.2, 0.25) is 0 Å². The van der Waals surface area contributed by atoms with Gasteiger partial charge in [0, 0.05) is 31.2 Å². The van der Waals surface area contributed by atoms with Crippen molar-refractivity contribution in [1.29, 1.82) is 0 Å². The number of rotatable bonds is 5. The molecule has 0 aliphatic carbocycles. The number of carbonyl (C=O) groups excluding carboxylic acids is 2. The molecule has 27 heavy (non-hydrogen) atoms. The highest BCUT2D eigenvalue weighted by Gasteiger charge is 2.26. The number of ether oxygens (including phenoxy) is 1. The van der Waals surface area contributed by atoms with Crippen LogP contribution >= 0.6 is 0 Å². The molecule has 2 amide bonds. The molecule has 1 N–H and O–H groups in total. The molecule has 0 atom stereocenters. The Balaban J connectivity index is 1.87. The van der Waals surface area contributed by atoms with Crippen molar-refractivity contribution in [2.75, 3.05) is 17.4 Å². The first kappa shape index (κ1) is 18.8. The lowest BCUT2D eigenvalue weighted by Crippen LogP contribution is -2.36. The molecular formula is C21H23N3O3. The Morgan fingerprint density at radius 3 is 2.74 bits per heavy atom. The van der Waals surface area contributed by atoms with Crippen LogP contribution in [0.5, 0.6) is 0 Å². The summed E-state index contributed by atoms with van der Waals surface area (Å²) in [5, 5.41) is 8.60. The molecule has 0 aromatic heterocycles. The number of hydrogen-bond acceptors (Lipinski definition) is 4. The van der Waals surface area contributed by atoms with E-state index in [1.165, 1.54) is 5.01 Å². The Hall–Kier alpha value is -2.99. The summed E-state index contributed by atoms with van der Waals surface area (Å²) in [6.07, 6.45) is 0.567. The van der Waals surface area contributed by atoms with Crippen molar-refractivity contribution in [3.05, 3.63) is 59.2 Å². The van der Waals surface area contributed by atoms with E-state index < -0.39 is 0 Å². The zero-order chi connectivity index (χ0) is 19.4. The van der Waals surface area contributed by atoms with Gasteiger partial charge in [-0.3, -0.25) is 9.59 Å². The highest BCUT2D eigenvalue weighted by Crippen LogP contribution is 2.26. The van der Waals surface area contributed by atoms with E-state index in [9.17, 15) is 9.59 Å². The first-order valence-electron chi connectivity index (χ1n) is 8.85. The maximum Gasteiger partial charge on any atom is 0.271 e. The van der Waals surface area contributed by atoms with Crippen LogP contribution < -0.4 is 10.3 Å². The summed E-state index contributed by atoms with van der Waals surface area (Å²) in [6.45, 7) is 4.28. The van der Waals surface area contributed by atoms with E-state index in [1.54, 1.807) is 7.11 Å². The molecule has 1 aliphatic rings. The zero-order valence-electron chi connectivity index (χ0n) is 15.8. The quantitative estimate of drug-likeness (QED) is 0.880. The van der Waals surface area contributed by atoms with E-state index in [-0.39, 0.29) is 18.2 Å². The molecule has 0 unspecified atom stereocenters. The molecule has 0 spiro atoms. The topological polar surface area (TPSA) is 71.0 Å². The van der Waals surface area contributed by atoms with Crippen LogP contribution in [0.15, 0.2) is 47.6 Å². The van der Waals surface area contributed by atoms with Gasteiger partial charge in [0.2, 0.25) is 5.91 Å². The molecule has 0 fully saturated rings. The Morgan fingerprint density at radius 1 is 1.19 bits per heavy atom. The summed E-state index contributed by atoms with van der Waals surface area (Å²) in [4.78, 5) is 25.1. The number of para-hydroxylation sites is 1. The predicted molar refractivity (Wildman–Crippen MR) is 106 cm³/mol. The minimum Gasteiger partial charge on any atom is -0.380 e. The van der Waals surface area contributed by atoms with Crippen molar-refractivity contribution >= 4 is 28.9 Å². The fourth-order valence-corrected chi connectivity index (χ4v) is 2.97. The summed E-state index contributed by atoms with van der Waals surface area (Å²) in [5.41, 5.74) is 4.58. The van der Waals surface area contributed by atoms with Crippen molar-refractivity contribution in [1.82, 2.24) is 0 Å². The van der Waals surface area contributed by atoms with Crippen LogP contribution in [0.3, 0.4) is 0 Å². The molecule has 0 bridgehead atoms. The summed E-state index contributed by atoms with van der Waals surface area (Å²) >= 11 is 0. The number of nitrogens with one attached hydrogen (secondary N) is 1. The van der Waals surface area contributed by atoms with Gasteiger partial charge in [-0.05, 0) is 37.1 Å². The third-order valence-corrected chi connectivity index (χ3v) is 4.45. The number of carbonyl (C=O) groups is 2. The Morgan fingerprint density at radius 2 is 1.96 bits per heavy atom. The maximum absolute atomic E-state index is 12.7. The molecule has 0 saturated carbocycles. The first-order valence-corrected chi connectivity index (χ1v) is 8.85. The van der Waals surface area contributed by atoms with Gasteiger partial charge < -0.3 is 10.1 Å². The second-order valence-electron chi connectivity index (χ2n) is 6.59. The second kappa shape index (κ2) is 8.14. The number of methoxy groups -OCH3 is 1. The van der Waals surface area contributed by atoms with E-state index >= 15 is 0 Å². The van der Waals surface area contributed by atoms with E-state index in [1.807, 2.05) is 56.3 Å². The summed E-state index contributed by atoms with van der Waals surface area (Å²) in [7, 11) is 1.61. The van der Waals surface area contributed by atoms with Crippen LogP contribution in [0.4, 0.5) is 11.4 Å². The summed E-state index contributed by atoms with van der Waals surface area (Å²) < 4.78 is 5.17. The molecule has 1 heterocycles. The number of nitrogens with zero attached hydrogens (tertiary/aromatic N) is 2. The fourth-order valence-electron chi connectivity index (χ4n) is 2.97. The van der Waals surface area contributed by atoms with Gasteiger partial charge in [-0.1, -0.05) is 30.3 Å². The van der Waals surface area contributed by atoms with Gasteiger partial charge >= 0.3 is 0 Å². The van der Waals surface area contributed by atoms with Gasteiger partial charge in [-0.25, -0.2) is 5.01 Å². The van der Waals surface area contributed by atoms with Crippen molar-refractivity contribution in [2.24, 2.45) is 5.10 Å². The number of aryl methyl sites for hydroxylation is 2. The lowest BCUT2D eigenvalue weighted by Gasteiger charge is -2.25. The second-order valence-corrected chi connectivity index (χ2v) is 6.59. The zero-order valence-corrected chi connectivity index (χ0v) is 15.8. The average Bonchev–Trinajstić information content (AvgIpc) is 2.66. The minimum atomic E-state index is -0.304. The van der Waals surface area contributed by atoms with Crippen LogP contribution in [0, 0.1) is 13.8 Å². The van der Waals surface area contributed by atoms with Crippen molar-refractivity contribution < 1.29 is 14.3 Å². The standard InChI is InChI=1S/C21H23N3O3/c1-14-8-9-15(2)19(12-14)24-20(25)11-10-18(23-24)21(26)22-17-7-5-4-6-16(17)13-27-3/h4-9,12H,10-11,13H2,1-3H3,(H,22,26). The Bertz CT molecular complexity index is 905. The van der Waals surface area contributed by atoms with Crippen LogP contribution in [-0.4, -0.2) is 24.6 Å². The van der Waals surface area contributed by atoms with Gasteiger partial charge in [0.1, 0.15) is 5.71 Å². The molecule has 6 nitrogen and oxygen atoms in total. The fraction of sp³-hybridized carbons (Fsp3) is 0.286. The molecule has 2 aromatic rings. The normalized spacial score (nSPS) is 14.1. The largest absolute Gasteiger partial charge is 0.380 e. The molecule has 1 aliphatic heterocycles. The molecule has 6 heteroatoms. The number of benzene rings is 2. The maximum atomic E-state index is 12.7. The molecule has 3 rings (SSSR count). The number of hydrazone groups is 1. The highest BCUT2D eigenvalue weighted by molar-refractivity contribution is 6.44. The molecule has 140 valence electrons. The van der Waals surface area contributed by atoms with E-state index in [0.29, 0.717) is 30.1 Å². The molecule has 0 radical (unpaired) electrons. The lowest BCUT2D eigenvalue weighted by molar-refractivity contribution is -0.118. The third-order valence-electron chi connectivity index (χ3n) is 4.45. The average molecular weight is 365 g/mol. The van der Waals surface area contributed by atoms with Crippen LogP contribution in [0.25, 0.3) is 0 Å². The van der Waals surface area contributed by atoms with Crippen molar-refractivity contribution in [3.63, 3.8) is 0 Å². The predicted octanol–water partition coefficient (Wildman–Crippen LogP) is 3.57. The SMILES string of the molecule is COCc1ccccc1NC(=O)C1=NN(c2cc(C)ccc2C)C(=O)CC1. The van der Waals surface area contributed by atoms with Gasteiger partial charge in [0.15, 0.2) is 0 Å². The van der Waals surface area contributed by atoms with Gasteiger partial charge in [0.05, 0.1) is 12.3 Å². The highest BCUT2D eigenvalue weighted by atomic mass is 16.5. The van der Waals surface area contributed by atoms with Crippen molar-refractivity contribution in [2.45, 2.75) is 33.3 Å².